The Hall–Kier alpha value is -3.15. The number of hydrogen-bond donors (Lipinski definition) is 0. The van der Waals surface area contributed by atoms with Crippen LogP contribution in [0.1, 0.15) is 46.4 Å². The molecule has 2 aromatic heterocycles. The van der Waals surface area contributed by atoms with Crippen molar-refractivity contribution in [3.8, 4) is 16.9 Å². The molecule has 0 radical (unpaired) electrons. The number of amides is 1. The number of aryl methyl sites for hydroxylation is 2. The van der Waals surface area contributed by atoms with Crippen LogP contribution in [0.4, 0.5) is 0 Å². The zero-order chi connectivity index (χ0) is 19.7. The summed E-state index contributed by atoms with van der Waals surface area (Å²) in [6.45, 7) is 4.55. The van der Waals surface area contributed by atoms with E-state index >= 15 is 0 Å². The molecule has 1 amide bonds. The highest BCUT2D eigenvalue weighted by atomic mass is 16.5. The smallest absolute Gasteiger partial charge is 0.254 e. The van der Waals surface area contributed by atoms with Gasteiger partial charge in [-0.05, 0) is 51.0 Å². The van der Waals surface area contributed by atoms with Crippen LogP contribution in [0.25, 0.3) is 11.1 Å². The molecule has 3 aromatic rings. The second kappa shape index (κ2) is 7.46. The maximum atomic E-state index is 13.1. The van der Waals surface area contributed by atoms with Crippen molar-refractivity contribution in [2.24, 2.45) is 0 Å². The summed E-state index contributed by atoms with van der Waals surface area (Å²) in [5.74, 6) is 1.48. The van der Waals surface area contributed by atoms with E-state index in [2.05, 4.69) is 10.1 Å². The van der Waals surface area contributed by atoms with Crippen molar-refractivity contribution >= 4 is 5.91 Å². The number of methoxy groups -OCH3 is 1. The highest BCUT2D eigenvalue weighted by Gasteiger charge is 2.31. The van der Waals surface area contributed by atoms with Crippen LogP contribution in [0.3, 0.4) is 0 Å². The average molecular weight is 377 g/mol. The van der Waals surface area contributed by atoms with E-state index < -0.39 is 0 Å². The zero-order valence-electron chi connectivity index (χ0n) is 16.3. The minimum atomic E-state index is -0.0163. The quantitative estimate of drug-likeness (QED) is 0.676. The van der Waals surface area contributed by atoms with Crippen molar-refractivity contribution in [1.82, 2.24) is 15.0 Å². The highest BCUT2D eigenvalue weighted by Crippen LogP contribution is 2.34. The van der Waals surface area contributed by atoms with Crippen LogP contribution in [0.5, 0.6) is 5.75 Å². The lowest BCUT2D eigenvalue weighted by Crippen LogP contribution is -2.31. The normalized spacial score (nSPS) is 16.4. The number of pyridine rings is 1. The number of ether oxygens (including phenoxy) is 1. The molecule has 1 unspecified atom stereocenters. The molecule has 6 heteroatoms. The number of carbonyl (C=O) groups is 1. The minimum Gasteiger partial charge on any atom is -0.497 e. The summed E-state index contributed by atoms with van der Waals surface area (Å²) in [5, 5.41) is 4.01. The van der Waals surface area contributed by atoms with Crippen molar-refractivity contribution < 1.29 is 14.1 Å². The second-order valence-electron chi connectivity index (χ2n) is 7.06. The SMILES string of the molecule is COc1cccc(C(=O)N2CCCC2c2ccc(-c3c(C)noc3C)cn2)c1. The largest absolute Gasteiger partial charge is 0.497 e. The maximum absolute atomic E-state index is 13.1. The molecule has 0 saturated carbocycles. The Balaban J connectivity index is 1.59. The summed E-state index contributed by atoms with van der Waals surface area (Å²) in [4.78, 5) is 19.6. The van der Waals surface area contributed by atoms with Crippen LogP contribution < -0.4 is 4.74 Å². The molecule has 1 atom stereocenters. The van der Waals surface area contributed by atoms with Gasteiger partial charge in [-0.1, -0.05) is 17.3 Å². The topological polar surface area (TPSA) is 68.5 Å². The first-order chi connectivity index (χ1) is 13.6. The first-order valence-electron chi connectivity index (χ1n) is 9.42. The van der Waals surface area contributed by atoms with Gasteiger partial charge in [-0.25, -0.2) is 0 Å². The first-order valence-corrected chi connectivity index (χ1v) is 9.42. The molecule has 1 aliphatic heterocycles. The third-order valence-electron chi connectivity index (χ3n) is 5.28. The summed E-state index contributed by atoms with van der Waals surface area (Å²) in [6.07, 6.45) is 3.72. The maximum Gasteiger partial charge on any atom is 0.254 e. The molecule has 1 fully saturated rings. The lowest BCUT2D eigenvalue weighted by Gasteiger charge is -2.24. The standard InChI is InChI=1S/C22H23N3O3/c1-14-21(15(2)28-24-14)17-9-10-19(23-13-17)20-8-5-11-25(20)22(26)16-6-4-7-18(12-16)27-3/h4,6-7,9-10,12-13,20H,5,8,11H2,1-3H3. The van der Waals surface area contributed by atoms with Crippen molar-refractivity contribution in [2.45, 2.75) is 32.7 Å². The second-order valence-corrected chi connectivity index (χ2v) is 7.06. The zero-order valence-corrected chi connectivity index (χ0v) is 16.3. The minimum absolute atomic E-state index is 0.0120. The number of likely N-dealkylation sites (tertiary alicyclic amines) is 1. The fraction of sp³-hybridized carbons (Fsp3) is 0.318. The lowest BCUT2D eigenvalue weighted by atomic mass is 10.0. The van der Waals surface area contributed by atoms with E-state index in [9.17, 15) is 4.79 Å². The highest BCUT2D eigenvalue weighted by molar-refractivity contribution is 5.95. The predicted molar refractivity (Wildman–Crippen MR) is 105 cm³/mol. The van der Waals surface area contributed by atoms with Gasteiger partial charge < -0.3 is 14.2 Å². The van der Waals surface area contributed by atoms with Gasteiger partial charge in [0.2, 0.25) is 0 Å². The molecule has 6 nitrogen and oxygen atoms in total. The Morgan fingerprint density at radius 1 is 1.25 bits per heavy atom. The molecule has 1 aliphatic rings. The summed E-state index contributed by atoms with van der Waals surface area (Å²) in [7, 11) is 1.60. The number of rotatable bonds is 4. The van der Waals surface area contributed by atoms with Crippen molar-refractivity contribution in [1.29, 1.82) is 0 Å². The van der Waals surface area contributed by atoms with Gasteiger partial charge >= 0.3 is 0 Å². The van der Waals surface area contributed by atoms with Crippen LogP contribution in [0.15, 0.2) is 47.1 Å². The van der Waals surface area contributed by atoms with E-state index in [4.69, 9.17) is 9.26 Å². The van der Waals surface area contributed by atoms with E-state index in [1.54, 1.807) is 13.2 Å². The molecular formula is C22H23N3O3. The van der Waals surface area contributed by atoms with Gasteiger partial charge in [-0.3, -0.25) is 9.78 Å². The molecule has 0 N–H and O–H groups in total. The van der Waals surface area contributed by atoms with Crippen molar-refractivity contribution in [3.63, 3.8) is 0 Å². The van der Waals surface area contributed by atoms with Gasteiger partial charge in [0, 0.05) is 29.4 Å². The molecule has 1 saturated heterocycles. The van der Waals surface area contributed by atoms with E-state index in [-0.39, 0.29) is 11.9 Å². The lowest BCUT2D eigenvalue weighted by molar-refractivity contribution is 0.0732. The number of carbonyl (C=O) groups excluding carboxylic acids is 1. The Bertz CT molecular complexity index is 975. The Morgan fingerprint density at radius 3 is 2.79 bits per heavy atom. The number of benzene rings is 1. The third kappa shape index (κ3) is 3.26. The third-order valence-corrected chi connectivity index (χ3v) is 5.28. The van der Waals surface area contributed by atoms with E-state index in [0.29, 0.717) is 11.3 Å². The molecule has 0 bridgehead atoms. The van der Waals surface area contributed by atoms with E-state index in [0.717, 1.165) is 47.7 Å². The molecule has 1 aromatic carbocycles. The molecule has 28 heavy (non-hydrogen) atoms. The summed E-state index contributed by atoms with van der Waals surface area (Å²) in [5.41, 5.74) is 4.35. The van der Waals surface area contributed by atoms with Crippen LogP contribution in [0, 0.1) is 13.8 Å². The Kier molecular flexibility index (Phi) is 4.86. The van der Waals surface area contributed by atoms with Gasteiger partial charge in [-0.2, -0.15) is 0 Å². The van der Waals surface area contributed by atoms with Gasteiger partial charge in [0.1, 0.15) is 11.5 Å². The number of aromatic nitrogens is 2. The van der Waals surface area contributed by atoms with Crippen molar-refractivity contribution in [3.05, 3.63) is 65.3 Å². The van der Waals surface area contributed by atoms with Crippen LogP contribution >= 0.6 is 0 Å². The summed E-state index contributed by atoms with van der Waals surface area (Å²) >= 11 is 0. The molecule has 3 heterocycles. The molecule has 144 valence electrons. The molecule has 0 spiro atoms. The Morgan fingerprint density at radius 2 is 2.11 bits per heavy atom. The van der Waals surface area contributed by atoms with Crippen molar-refractivity contribution in [2.75, 3.05) is 13.7 Å². The predicted octanol–water partition coefficient (Wildman–Crippen LogP) is 4.34. The Labute approximate surface area is 164 Å². The van der Waals surface area contributed by atoms with E-state index in [1.807, 2.05) is 55.3 Å². The number of hydrogen-bond acceptors (Lipinski definition) is 5. The van der Waals surface area contributed by atoms with Crippen LogP contribution in [0.2, 0.25) is 0 Å². The monoisotopic (exact) mass is 377 g/mol. The molecular weight excluding hydrogens is 354 g/mol. The molecule has 4 rings (SSSR count). The average Bonchev–Trinajstić information content (AvgIpc) is 3.34. The van der Waals surface area contributed by atoms with Gasteiger partial charge in [0.15, 0.2) is 0 Å². The van der Waals surface area contributed by atoms with Gasteiger partial charge in [-0.15, -0.1) is 0 Å². The fourth-order valence-corrected chi connectivity index (χ4v) is 3.88. The molecule has 0 aliphatic carbocycles. The fourth-order valence-electron chi connectivity index (χ4n) is 3.88. The van der Waals surface area contributed by atoms with Crippen LogP contribution in [-0.2, 0) is 0 Å². The van der Waals surface area contributed by atoms with Gasteiger partial charge in [0.25, 0.3) is 5.91 Å². The first kappa shape index (κ1) is 18.2. The van der Waals surface area contributed by atoms with Gasteiger partial charge in [0.05, 0.1) is 24.5 Å². The summed E-state index contributed by atoms with van der Waals surface area (Å²) < 4.78 is 10.5. The van der Waals surface area contributed by atoms with Crippen LogP contribution in [-0.4, -0.2) is 34.6 Å². The summed E-state index contributed by atoms with van der Waals surface area (Å²) in [6, 6.07) is 11.3. The van der Waals surface area contributed by atoms with E-state index in [1.165, 1.54) is 0 Å². The number of nitrogens with zero attached hydrogens (tertiary/aromatic N) is 3.